The maximum Gasteiger partial charge on any atom is 0.185 e. The molecule has 1 aliphatic rings. The van der Waals surface area contributed by atoms with Crippen LogP contribution in [0.25, 0.3) is 0 Å². The molecule has 0 saturated carbocycles. The Morgan fingerprint density at radius 1 is 1.53 bits per heavy atom. The van der Waals surface area contributed by atoms with Crippen molar-refractivity contribution in [1.82, 2.24) is 9.88 Å². The van der Waals surface area contributed by atoms with Gasteiger partial charge in [0, 0.05) is 30.1 Å². The van der Waals surface area contributed by atoms with Crippen LogP contribution in [0.15, 0.2) is 0 Å². The van der Waals surface area contributed by atoms with E-state index in [2.05, 4.69) is 35.8 Å². The first-order valence-electron chi connectivity index (χ1n) is 6.13. The highest BCUT2D eigenvalue weighted by Crippen LogP contribution is 2.31. The van der Waals surface area contributed by atoms with Crippen molar-refractivity contribution in [2.75, 3.05) is 32.1 Å². The van der Waals surface area contributed by atoms with Gasteiger partial charge in [-0.2, -0.15) is 0 Å². The number of likely N-dealkylation sites (N-methyl/N-ethyl adjacent to an activating group) is 1. The third-order valence-corrected chi connectivity index (χ3v) is 4.82. The standard InChI is InChI=1S/C12H22N4S/c1-8(13)11-9(2)14-12(17-11)16-6-5-10(7-16)15(3)4/h8,10H,5-7,13H2,1-4H3. The van der Waals surface area contributed by atoms with Crippen LogP contribution in [0, 0.1) is 6.92 Å². The highest BCUT2D eigenvalue weighted by atomic mass is 32.1. The number of hydrogen-bond donors (Lipinski definition) is 1. The Hall–Kier alpha value is -0.650. The molecule has 2 rings (SSSR count). The van der Waals surface area contributed by atoms with Crippen LogP contribution in [0.1, 0.15) is 30.0 Å². The molecule has 96 valence electrons. The summed E-state index contributed by atoms with van der Waals surface area (Å²) in [5.74, 6) is 0. The summed E-state index contributed by atoms with van der Waals surface area (Å²) in [6, 6.07) is 0.742. The minimum atomic E-state index is 0.0912. The average molecular weight is 254 g/mol. The molecule has 0 radical (unpaired) electrons. The van der Waals surface area contributed by atoms with Crippen molar-refractivity contribution in [3.8, 4) is 0 Å². The van der Waals surface area contributed by atoms with Gasteiger partial charge in [0.15, 0.2) is 5.13 Å². The summed E-state index contributed by atoms with van der Waals surface area (Å²) in [4.78, 5) is 10.6. The van der Waals surface area contributed by atoms with Gasteiger partial charge in [-0.25, -0.2) is 4.98 Å². The molecular formula is C12H22N4S. The molecule has 1 aromatic rings. The Kier molecular flexibility index (Phi) is 3.70. The van der Waals surface area contributed by atoms with Crippen molar-refractivity contribution >= 4 is 16.5 Å². The second-order valence-corrected chi connectivity index (χ2v) is 6.10. The molecule has 0 aliphatic carbocycles. The molecule has 0 spiro atoms. The zero-order chi connectivity index (χ0) is 12.6. The van der Waals surface area contributed by atoms with Gasteiger partial charge in [-0.3, -0.25) is 0 Å². The maximum absolute atomic E-state index is 5.95. The van der Waals surface area contributed by atoms with Crippen molar-refractivity contribution in [3.05, 3.63) is 10.6 Å². The molecule has 2 heterocycles. The van der Waals surface area contributed by atoms with Crippen LogP contribution in [0.4, 0.5) is 5.13 Å². The quantitative estimate of drug-likeness (QED) is 0.890. The SMILES string of the molecule is Cc1nc(N2CCC(N(C)C)C2)sc1C(C)N. The van der Waals surface area contributed by atoms with E-state index in [4.69, 9.17) is 5.73 Å². The van der Waals surface area contributed by atoms with Gasteiger partial charge in [-0.15, -0.1) is 11.3 Å². The molecule has 0 aromatic carbocycles. The molecule has 2 N–H and O–H groups in total. The lowest BCUT2D eigenvalue weighted by atomic mass is 10.2. The van der Waals surface area contributed by atoms with Crippen molar-refractivity contribution in [3.63, 3.8) is 0 Å². The Labute approximate surface area is 107 Å². The fraction of sp³-hybridized carbons (Fsp3) is 0.750. The number of hydrogen-bond acceptors (Lipinski definition) is 5. The normalized spacial score (nSPS) is 22.5. The Morgan fingerprint density at radius 2 is 2.24 bits per heavy atom. The van der Waals surface area contributed by atoms with Gasteiger partial charge in [0.25, 0.3) is 0 Å². The van der Waals surface area contributed by atoms with Gasteiger partial charge in [-0.1, -0.05) is 0 Å². The first-order chi connectivity index (χ1) is 7.99. The topological polar surface area (TPSA) is 45.4 Å². The molecule has 1 saturated heterocycles. The van der Waals surface area contributed by atoms with E-state index in [1.54, 1.807) is 11.3 Å². The van der Waals surface area contributed by atoms with Gasteiger partial charge < -0.3 is 15.5 Å². The lowest BCUT2D eigenvalue weighted by Crippen LogP contribution is -2.31. The van der Waals surface area contributed by atoms with Crippen molar-refractivity contribution in [2.24, 2.45) is 5.73 Å². The summed E-state index contributed by atoms with van der Waals surface area (Å²) >= 11 is 1.75. The Morgan fingerprint density at radius 3 is 2.71 bits per heavy atom. The predicted molar refractivity (Wildman–Crippen MR) is 73.8 cm³/mol. The summed E-state index contributed by atoms with van der Waals surface area (Å²) in [6.07, 6.45) is 1.22. The smallest absolute Gasteiger partial charge is 0.185 e. The summed E-state index contributed by atoms with van der Waals surface area (Å²) in [5, 5.41) is 1.14. The lowest BCUT2D eigenvalue weighted by Gasteiger charge is -2.19. The molecule has 0 bridgehead atoms. The highest BCUT2D eigenvalue weighted by Gasteiger charge is 2.26. The van der Waals surface area contributed by atoms with Crippen LogP contribution in [-0.2, 0) is 0 Å². The van der Waals surface area contributed by atoms with Crippen molar-refractivity contribution < 1.29 is 0 Å². The zero-order valence-electron chi connectivity index (χ0n) is 11.1. The number of rotatable bonds is 3. The number of nitrogens with zero attached hydrogens (tertiary/aromatic N) is 3. The van der Waals surface area contributed by atoms with Gasteiger partial charge >= 0.3 is 0 Å². The second kappa shape index (κ2) is 4.92. The number of thiazole rings is 1. The molecule has 17 heavy (non-hydrogen) atoms. The van der Waals surface area contributed by atoms with Gasteiger partial charge in [-0.05, 0) is 34.4 Å². The summed E-state index contributed by atoms with van der Waals surface area (Å²) < 4.78 is 0. The molecule has 1 aliphatic heterocycles. The van der Waals surface area contributed by atoms with E-state index in [-0.39, 0.29) is 6.04 Å². The van der Waals surface area contributed by atoms with E-state index in [0.717, 1.165) is 23.9 Å². The predicted octanol–water partition coefficient (Wildman–Crippen LogP) is 1.61. The van der Waals surface area contributed by atoms with E-state index in [1.165, 1.54) is 11.3 Å². The van der Waals surface area contributed by atoms with E-state index in [0.29, 0.717) is 6.04 Å². The Bertz CT molecular complexity index is 386. The minimum absolute atomic E-state index is 0.0912. The summed E-state index contributed by atoms with van der Waals surface area (Å²) in [5.41, 5.74) is 7.04. The molecule has 1 fully saturated rings. The molecular weight excluding hydrogens is 232 g/mol. The summed E-state index contributed by atoms with van der Waals surface area (Å²) in [6.45, 7) is 6.27. The van der Waals surface area contributed by atoms with Crippen molar-refractivity contribution in [1.29, 1.82) is 0 Å². The molecule has 4 nitrogen and oxygen atoms in total. The maximum atomic E-state index is 5.95. The van der Waals surface area contributed by atoms with E-state index in [9.17, 15) is 0 Å². The van der Waals surface area contributed by atoms with E-state index < -0.39 is 0 Å². The number of anilines is 1. The first kappa shape index (κ1) is 12.8. The van der Waals surface area contributed by atoms with Crippen LogP contribution >= 0.6 is 11.3 Å². The average Bonchev–Trinajstić information content (AvgIpc) is 2.82. The van der Waals surface area contributed by atoms with Gasteiger partial charge in [0.2, 0.25) is 0 Å². The third-order valence-electron chi connectivity index (χ3n) is 3.40. The van der Waals surface area contributed by atoms with E-state index in [1.807, 2.05) is 6.92 Å². The third kappa shape index (κ3) is 2.61. The largest absolute Gasteiger partial charge is 0.346 e. The Balaban J connectivity index is 2.11. The zero-order valence-corrected chi connectivity index (χ0v) is 11.9. The first-order valence-corrected chi connectivity index (χ1v) is 6.95. The van der Waals surface area contributed by atoms with Crippen LogP contribution < -0.4 is 10.6 Å². The van der Waals surface area contributed by atoms with Gasteiger partial charge in [0.05, 0.1) is 5.69 Å². The number of aromatic nitrogens is 1. The number of nitrogens with two attached hydrogens (primary N) is 1. The molecule has 5 heteroatoms. The van der Waals surface area contributed by atoms with Crippen LogP contribution in [0.2, 0.25) is 0 Å². The fourth-order valence-corrected chi connectivity index (χ4v) is 3.34. The second-order valence-electron chi connectivity index (χ2n) is 5.09. The molecule has 2 atom stereocenters. The van der Waals surface area contributed by atoms with Crippen LogP contribution in [0.3, 0.4) is 0 Å². The molecule has 0 amide bonds. The van der Waals surface area contributed by atoms with Crippen LogP contribution in [0.5, 0.6) is 0 Å². The highest BCUT2D eigenvalue weighted by molar-refractivity contribution is 7.15. The van der Waals surface area contributed by atoms with Crippen molar-refractivity contribution in [2.45, 2.75) is 32.4 Å². The minimum Gasteiger partial charge on any atom is -0.346 e. The van der Waals surface area contributed by atoms with E-state index >= 15 is 0 Å². The summed E-state index contributed by atoms with van der Waals surface area (Å²) in [7, 11) is 4.29. The van der Waals surface area contributed by atoms with Crippen LogP contribution in [-0.4, -0.2) is 43.1 Å². The molecule has 2 unspecified atom stereocenters. The monoisotopic (exact) mass is 254 g/mol. The van der Waals surface area contributed by atoms with Gasteiger partial charge in [0.1, 0.15) is 0 Å². The number of aryl methyl sites for hydroxylation is 1. The molecule has 1 aromatic heterocycles. The fourth-order valence-electron chi connectivity index (χ4n) is 2.29. The lowest BCUT2D eigenvalue weighted by molar-refractivity contribution is 0.315.